The highest BCUT2D eigenvalue weighted by molar-refractivity contribution is 9.10. The smallest absolute Gasteiger partial charge is 0.284 e. The van der Waals surface area contributed by atoms with Gasteiger partial charge in [-0.15, -0.1) is 0 Å². The first kappa shape index (κ1) is 15.5. The van der Waals surface area contributed by atoms with E-state index in [1.807, 2.05) is 13.0 Å². The van der Waals surface area contributed by atoms with Gasteiger partial charge >= 0.3 is 0 Å². The second-order valence-electron chi connectivity index (χ2n) is 4.33. The second kappa shape index (κ2) is 6.24. The molecule has 0 saturated heterocycles. The van der Waals surface area contributed by atoms with Crippen LogP contribution in [0.3, 0.4) is 0 Å². The van der Waals surface area contributed by atoms with Crippen molar-refractivity contribution >= 4 is 44.8 Å². The number of carbonyl (C=O) groups is 1. The molecule has 5 nitrogen and oxygen atoms in total. The molecule has 0 fully saturated rings. The number of halogens is 2. The summed E-state index contributed by atoms with van der Waals surface area (Å²) < 4.78 is 0.135. The number of hydrogen-bond acceptors (Lipinski definition) is 3. The standard InChI is InChI=1S/C14H10BrClN2O3/c1-8-5-6-10(16)11(7-8)17-14(19)9-3-2-4-12(13(9)15)18(20)21/h2-7H,1H3,(H,17,19). The third kappa shape index (κ3) is 3.40. The zero-order chi connectivity index (χ0) is 15.6. The van der Waals surface area contributed by atoms with Crippen LogP contribution in [-0.4, -0.2) is 10.8 Å². The normalized spacial score (nSPS) is 10.2. The van der Waals surface area contributed by atoms with E-state index >= 15 is 0 Å². The first-order valence-corrected chi connectivity index (χ1v) is 7.07. The van der Waals surface area contributed by atoms with Crippen molar-refractivity contribution in [3.63, 3.8) is 0 Å². The molecule has 0 unspecified atom stereocenters. The molecule has 0 atom stereocenters. The van der Waals surface area contributed by atoms with Gasteiger partial charge in [0.15, 0.2) is 0 Å². The van der Waals surface area contributed by atoms with Gasteiger partial charge in [-0.3, -0.25) is 14.9 Å². The molecule has 7 heteroatoms. The van der Waals surface area contributed by atoms with Gasteiger partial charge in [0.05, 0.1) is 21.2 Å². The molecule has 2 rings (SSSR count). The highest BCUT2D eigenvalue weighted by Gasteiger charge is 2.20. The van der Waals surface area contributed by atoms with Crippen molar-refractivity contribution in [2.24, 2.45) is 0 Å². The minimum atomic E-state index is -0.555. The third-order valence-corrected chi connectivity index (χ3v) is 3.95. The molecule has 0 spiro atoms. The Balaban J connectivity index is 2.35. The number of rotatable bonds is 3. The molecule has 0 aromatic heterocycles. The number of anilines is 1. The van der Waals surface area contributed by atoms with Gasteiger partial charge in [0, 0.05) is 6.07 Å². The Morgan fingerprint density at radius 3 is 2.71 bits per heavy atom. The summed E-state index contributed by atoms with van der Waals surface area (Å²) in [5, 5.41) is 13.9. The largest absolute Gasteiger partial charge is 0.321 e. The number of hydrogen-bond donors (Lipinski definition) is 1. The van der Waals surface area contributed by atoms with E-state index in [1.54, 1.807) is 12.1 Å². The summed E-state index contributed by atoms with van der Waals surface area (Å²) in [6, 6.07) is 9.49. The van der Waals surface area contributed by atoms with Crippen LogP contribution in [0.25, 0.3) is 0 Å². The van der Waals surface area contributed by atoms with Gasteiger partial charge in [0.25, 0.3) is 11.6 Å². The monoisotopic (exact) mass is 368 g/mol. The van der Waals surface area contributed by atoms with Gasteiger partial charge in [-0.2, -0.15) is 0 Å². The Hall–Kier alpha value is -1.92. The van der Waals surface area contributed by atoms with Crippen molar-refractivity contribution in [1.29, 1.82) is 0 Å². The van der Waals surface area contributed by atoms with Crippen LogP contribution in [0, 0.1) is 17.0 Å². The molecular formula is C14H10BrClN2O3. The van der Waals surface area contributed by atoms with Crippen LogP contribution >= 0.6 is 27.5 Å². The number of nitro groups is 1. The van der Waals surface area contributed by atoms with Gasteiger partial charge < -0.3 is 5.32 Å². The Kier molecular flexibility index (Phi) is 4.59. The molecule has 0 heterocycles. The zero-order valence-electron chi connectivity index (χ0n) is 10.9. The topological polar surface area (TPSA) is 72.2 Å². The molecule has 1 amide bonds. The second-order valence-corrected chi connectivity index (χ2v) is 5.53. The van der Waals surface area contributed by atoms with E-state index < -0.39 is 10.8 Å². The molecular weight excluding hydrogens is 360 g/mol. The van der Waals surface area contributed by atoms with Gasteiger partial charge in [0.1, 0.15) is 4.47 Å². The van der Waals surface area contributed by atoms with Crippen LogP contribution in [0.15, 0.2) is 40.9 Å². The summed E-state index contributed by atoms with van der Waals surface area (Å²) >= 11 is 9.11. The fourth-order valence-corrected chi connectivity index (χ4v) is 2.51. The minimum absolute atomic E-state index is 0.135. The van der Waals surface area contributed by atoms with E-state index in [-0.39, 0.29) is 15.7 Å². The Labute approximate surface area is 134 Å². The number of nitrogens with one attached hydrogen (secondary N) is 1. The molecule has 21 heavy (non-hydrogen) atoms. The van der Waals surface area contributed by atoms with Gasteiger partial charge in [0.2, 0.25) is 0 Å². The SMILES string of the molecule is Cc1ccc(Cl)c(NC(=O)c2cccc([N+](=O)[O-])c2Br)c1. The first-order chi connectivity index (χ1) is 9.90. The maximum Gasteiger partial charge on any atom is 0.284 e. The molecule has 0 radical (unpaired) electrons. The summed E-state index contributed by atoms with van der Waals surface area (Å²) in [5.74, 6) is -0.474. The lowest BCUT2D eigenvalue weighted by Crippen LogP contribution is -2.13. The lowest BCUT2D eigenvalue weighted by atomic mass is 10.1. The van der Waals surface area contributed by atoms with Crippen LogP contribution in [0.4, 0.5) is 11.4 Å². The molecule has 0 bridgehead atoms. The molecule has 0 saturated carbocycles. The van der Waals surface area contributed by atoms with Crippen molar-refractivity contribution < 1.29 is 9.72 Å². The van der Waals surface area contributed by atoms with Crippen LogP contribution in [0.2, 0.25) is 5.02 Å². The summed E-state index contributed by atoms with van der Waals surface area (Å²) in [7, 11) is 0. The first-order valence-electron chi connectivity index (χ1n) is 5.90. The molecule has 2 aromatic rings. The summed E-state index contributed by atoms with van der Waals surface area (Å²) in [6.07, 6.45) is 0. The summed E-state index contributed by atoms with van der Waals surface area (Å²) in [6.45, 7) is 1.87. The number of aryl methyl sites for hydroxylation is 1. The van der Waals surface area contributed by atoms with Crippen molar-refractivity contribution in [1.82, 2.24) is 0 Å². The average molecular weight is 370 g/mol. The lowest BCUT2D eigenvalue weighted by Gasteiger charge is -2.09. The lowest BCUT2D eigenvalue weighted by molar-refractivity contribution is -0.385. The van der Waals surface area contributed by atoms with Gasteiger partial charge in [-0.05, 0) is 46.6 Å². The fourth-order valence-electron chi connectivity index (χ4n) is 1.76. The molecule has 2 aromatic carbocycles. The van der Waals surface area contributed by atoms with Crippen LogP contribution < -0.4 is 5.32 Å². The summed E-state index contributed by atoms with van der Waals surface area (Å²) in [4.78, 5) is 22.6. The van der Waals surface area contributed by atoms with Crippen molar-refractivity contribution in [2.45, 2.75) is 6.92 Å². The van der Waals surface area contributed by atoms with E-state index in [9.17, 15) is 14.9 Å². The highest BCUT2D eigenvalue weighted by Crippen LogP contribution is 2.30. The Morgan fingerprint density at radius 2 is 2.05 bits per heavy atom. The average Bonchev–Trinajstić information content (AvgIpc) is 2.42. The van der Waals surface area contributed by atoms with E-state index in [1.165, 1.54) is 18.2 Å². The number of carbonyl (C=O) groups excluding carboxylic acids is 1. The predicted octanol–water partition coefficient (Wildman–Crippen LogP) is 4.57. The van der Waals surface area contributed by atoms with Crippen LogP contribution in [0.1, 0.15) is 15.9 Å². The number of nitrogens with zero attached hydrogens (tertiary/aromatic N) is 1. The minimum Gasteiger partial charge on any atom is -0.321 e. The van der Waals surface area contributed by atoms with E-state index in [2.05, 4.69) is 21.2 Å². The molecule has 1 N–H and O–H groups in total. The zero-order valence-corrected chi connectivity index (χ0v) is 13.2. The van der Waals surface area contributed by atoms with Gasteiger partial charge in [-0.25, -0.2) is 0 Å². The summed E-state index contributed by atoms with van der Waals surface area (Å²) in [5.41, 5.74) is 1.40. The Bertz CT molecular complexity index is 734. The molecule has 108 valence electrons. The molecule has 0 aliphatic carbocycles. The van der Waals surface area contributed by atoms with Crippen LogP contribution in [0.5, 0.6) is 0 Å². The number of nitro benzene ring substituents is 1. The maximum absolute atomic E-state index is 12.3. The molecule has 0 aliphatic rings. The highest BCUT2D eigenvalue weighted by atomic mass is 79.9. The fraction of sp³-hybridized carbons (Fsp3) is 0.0714. The quantitative estimate of drug-likeness (QED) is 0.636. The third-order valence-electron chi connectivity index (χ3n) is 2.79. The maximum atomic E-state index is 12.3. The number of benzene rings is 2. The van der Waals surface area contributed by atoms with E-state index in [4.69, 9.17) is 11.6 Å². The molecule has 0 aliphatic heterocycles. The Morgan fingerprint density at radius 1 is 1.33 bits per heavy atom. The van der Waals surface area contributed by atoms with E-state index in [0.717, 1.165) is 5.56 Å². The number of amides is 1. The van der Waals surface area contributed by atoms with Crippen molar-refractivity contribution in [2.75, 3.05) is 5.32 Å². The van der Waals surface area contributed by atoms with E-state index in [0.29, 0.717) is 10.7 Å². The predicted molar refractivity (Wildman–Crippen MR) is 84.9 cm³/mol. The van der Waals surface area contributed by atoms with Crippen molar-refractivity contribution in [3.8, 4) is 0 Å². The van der Waals surface area contributed by atoms with Crippen molar-refractivity contribution in [3.05, 3.63) is 67.1 Å². The van der Waals surface area contributed by atoms with Crippen LogP contribution in [-0.2, 0) is 0 Å². The van der Waals surface area contributed by atoms with Gasteiger partial charge in [-0.1, -0.05) is 23.7 Å².